The summed E-state index contributed by atoms with van der Waals surface area (Å²) in [7, 11) is 0. The molecule has 1 N–H and O–H groups in total. The van der Waals surface area contributed by atoms with Crippen LogP contribution in [0.2, 0.25) is 0 Å². The van der Waals surface area contributed by atoms with E-state index in [2.05, 4.69) is 6.58 Å². The van der Waals surface area contributed by atoms with Crippen molar-refractivity contribution < 1.29 is 11.9 Å². The Morgan fingerprint density at radius 3 is 1.83 bits per heavy atom. The van der Waals surface area contributed by atoms with E-state index in [9.17, 15) is 7.67 Å². The molecule has 0 aromatic rings. The van der Waals surface area contributed by atoms with Crippen molar-refractivity contribution >= 4 is 13.0 Å². The summed E-state index contributed by atoms with van der Waals surface area (Å²) in [6.07, 6.45) is 0. The maximum atomic E-state index is 9.51. The molecule has 6 heavy (non-hydrogen) atoms. The first-order valence-corrected chi connectivity index (χ1v) is 4.31. The van der Waals surface area contributed by atoms with Gasteiger partial charge in [0.15, 0.2) is 0 Å². The van der Waals surface area contributed by atoms with Crippen LogP contribution in [-0.2, 0) is 7.67 Å². The third-order valence-corrected chi connectivity index (χ3v) is 1.09. The summed E-state index contributed by atoms with van der Waals surface area (Å²) in [5, 5.41) is 0. The first kappa shape index (κ1) is 5.82. The van der Waals surface area contributed by atoms with Crippen molar-refractivity contribution in [3.05, 3.63) is 11.6 Å². The molecule has 0 radical (unpaired) electrons. The molecule has 0 aliphatic rings. The third kappa shape index (κ3) is 3.82. The fourth-order valence-corrected chi connectivity index (χ4v) is 0. The van der Waals surface area contributed by atoms with Gasteiger partial charge in [0.05, 0.1) is 0 Å². The van der Waals surface area contributed by atoms with Crippen LogP contribution in [0.3, 0.4) is 0 Å². The zero-order valence-electron chi connectivity index (χ0n) is 2.96. The van der Waals surface area contributed by atoms with Gasteiger partial charge in [0, 0.05) is 0 Å². The second kappa shape index (κ2) is 1.51. The van der Waals surface area contributed by atoms with Gasteiger partial charge in [-0.3, -0.25) is 0 Å². The second-order valence-electron chi connectivity index (χ2n) is 0.682. The van der Waals surface area contributed by atoms with Crippen LogP contribution in [0.25, 0.3) is 0 Å². The Hall–Kier alpha value is -0.181. The second-order valence-corrected chi connectivity index (χ2v) is 3.54. The van der Waals surface area contributed by atoms with E-state index >= 15 is 0 Å². The van der Waals surface area contributed by atoms with E-state index in [1.54, 1.807) is 0 Å². The van der Waals surface area contributed by atoms with Gasteiger partial charge in [-0.1, -0.05) is 0 Å². The molecule has 3 nitrogen and oxygen atoms in total. The minimum atomic E-state index is -4.51. The molecule has 0 aromatic carbocycles. The van der Waals surface area contributed by atoms with E-state index in [-0.39, 0.29) is 0 Å². The zero-order valence-corrected chi connectivity index (χ0v) is 4.67. The van der Waals surface area contributed by atoms with Gasteiger partial charge in [0.25, 0.3) is 0 Å². The maximum absolute atomic E-state index is 9.51. The first-order valence-electron chi connectivity index (χ1n) is 1.16. The van der Waals surface area contributed by atoms with Crippen LogP contribution in [0, 0.1) is 0 Å². The van der Waals surface area contributed by atoms with E-state index in [0.717, 1.165) is 0 Å². The van der Waals surface area contributed by atoms with E-state index < -0.39 is 13.0 Å². The molecule has 4 heteroatoms. The van der Waals surface area contributed by atoms with Crippen LogP contribution in [0.1, 0.15) is 0 Å². The topological polar surface area (TPSA) is 54.4 Å². The van der Waals surface area contributed by atoms with Crippen LogP contribution < -0.4 is 0 Å². The van der Waals surface area contributed by atoms with Gasteiger partial charge < -0.3 is 0 Å². The van der Waals surface area contributed by atoms with Crippen LogP contribution in [-0.4, -0.2) is 17.2 Å². The summed E-state index contributed by atoms with van der Waals surface area (Å²) < 4.78 is 26.8. The molecule has 0 fully saturated rings. The molecule has 0 atom stereocenters. The predicted molar refractivity (Wildman–Crippen MR) is 19.5 cm³/mol. The van der Waals surface area contributed by atoms with Crippen molar-refractivity contribution in [3.8, 4) is 0 Å². The molecule has 0 saturated heterocycles. The average Bonchev–Trinajstić information content (AvgIpc) is 1.35. The Labute approximate surface area is 37.2 Å². The van der Waals surface area contributed by atoms with Gasteiger partial charge in [-0.2, -0.15) is 0 Å². The quantitative estimate of drug-likeness (QED) is 0.519. The summed E-state index contributed by atoms with van der Waals surface area (Å²) in [4.78, 5) is 0.538. The molecule has 0 spiro atoms. The molecule has 0 amide bonds. The van der Waals surface area contributed by atoms with Gasteiger partial charge in [0.1, 0.15) is 0 Å². The van der Waals surface area contributed by atoms with Crippen molar-refractivity contribution in [3.63, 3.8) is 0 Å². The summed E-state index contributed by atoms with van der Waals surface area (Å²) in [5.74, 6) is 0. The van der Waals surface area contributed by atoms with Crippen molar-refractivity contribution in [2.45, 2.75) is 0 Å². The SMILES string of the molecule is C=C[Se](=O)(=O)O. The number of rotatable bonds is 1. The van der Waals surface area contributed by atoms with Gasteiger partial charge in [0.2, 0.25) is 0 Å². The van der Waals surface area contributed by atoms with Gasteiger partial charge in [-0.25, -0.2) is 0 Å². The monoisotopic (exact) mass is 156 g/mol. The summed E-state index contributed by atoms with van der Waals surface area (Å²) in [6, 6.07) is 0. The fraction of sp³-hybridized carbons (Fsp3) is 0. The average molecular weight is 155 g/mol. The number of hydrogen-bond donors (Lipinski definition) is 1. The Bertz CT molecular complexity index is 119. The van der Waals surface area contributed by atoms with Crippen molar-refractivity contribution in [1.29, 1.82) is 0 Å². The molecule has 0 unspecified atom stereocenters. The molecule has 0 aliphatic heterocycles. The molecule has 0 heterocycles. The minimum absolute atomic E-state index is 0.538. The summed E-state index contributed by atoms with van der Waals surface area (Å²) >= 11 is -4.51. The summed E-state index contributed by atoms with van der Waals surface area (Å²) in [6.45, 7) is 2.83. The van der Waals surface area contributed by atoms with E-state index in [1.807, 2.05) is 0 Å². The molecule has 0 saturated carbocycles. The van der Waals surface area contributed by atoms with Crippen LogP contribution in [0.15, 0.2) is 11.6 Å². The molecular formula is C2H4O3Se. The Morgan fingerprint density at radius 1 is 1.67 bits per heavy atom. The normalized spacial score (nSPS) is 10.8. The predicted octanol–water partition coefficient (Wildman–Crippen LogP) is -0.496. The van der Waals surface area contributed by atoms with Crippen molar-refractivity contribution in [1.82, 2.24) is 0 Å². The number of hydrogen-bond acceptors (Lipinski definition) is 2. The standard InChI is InChI=1S/C2H4O3Se/c1-2-6(3,4)5/h2H,1H2,(H,3,4,5). The summed E-state index contributed by atoms with van der Waals surface area (Å²) in [5.41, 5.74) is 0. The van der Waals surface area contributed by atoms with Crippen LogP contribution >= 0.6 is 0 Å². The molecular weight excluding hydrogens is 151 g/mol. The third-order valence-electron chi connectivity index (χ3n) is 0.211. The molecule has 0 aliphatic carbocycles. The van der Waals surface area contributed by atoms with Crippen LogP contribution in [0.4, 0.5) is 0 Å². The fourth-order valence-electron chi connectivity index (χ4n) is 0. The Morgan fingerprint density at radius 2 is 1.83 bits per heavy atom. The zero-order chi connectivity index (χ0) is 5.21. The molecule has 0 rings (SSSR count). The Kier molecular flexibility index (Phi) is 1.47. The molecule has 0 aromatic heterocycles. The molecule has 36 valence electrons. The van der Waals surface area contributed by atoms with Gasteiger partial charge in [-0.05, 0) is 0 Å². The van der Waals surface area contributed by atoms with Gasteiger partial charge >= 0.3 is 36.5 Å². The van der Waals surface area contributed by atoms with Gasteiger partial charge in [-0.15, -0.1) is 0 Å². The van der Waals surface area contributed by atoms with E-state index in [0.29, 0.717) is 4.97 Å². The van der Waals surface area contributed by atoms with E-state index in [1.165, 1.54) is 0 Å². The Balaban J connectivity index is 4.25. The van der Waals surface area contributed by atoms with Crippen molar-refractivity contribution in [2.75, 3.05) is 0 Å². The van der Waals surface area contributed by atoms with Crippen molar-refractivity contribution in [2.24, 2.45) is 0 Å². The first-order chi connectivity index (χ1) is 2.56. The molecule has 0 bridgehead atoms. The van der Waals surface area contributed by atoms with E-state index in [4.69, 9.17) is 4.19 Å². The van der Waals surface area contributed by atoms with Crippen LogP contribution in [0.5, 0.6) is 0 Å².